The van der Waals surface area contributed by atoms with E-state index in [2.05, 4.69) is 20.5 Å². The molecular formula is C23H20F4N4O5S. The third-order valence-electron chi connectivity index (χ3n) is 5.74. The highest BCUT2D eigenvalue weighted by Gasteiger charge is 2.45. The molecule has 3 aromatic rings. The molecule has 2 heterocycles. The molecule has 1 amide bonds. The Hall–Kier alpha value is -3.65. The minimum absolute atomic E-state index is 0.0222. The maximum Gasteiger partial charge on any atom is 0.435 e. The number of anilines is 1. The van der Waals surface area contributed by atoms with Gasteiger partial charge in [0.25, 0.3) is 11.8 Å². The molecule has 1 aliphatic rings. The highest BCUT2D eigenvalue weighted by molar-refractivity contribution is 7.90. The Kier molecular flexibility index (Phi) is 6.44. The summed E-state index contributed by atoms with van der Waals surface area (Å²) >= 11 is 0. The van der Waals surface area contributed by atoms with E-state index in [1.807, 2.05) is 0 Å². The van der Waals surface area contributed by atoms with Crippen molar-refractivity contribution in [2.75, 3.05) is 11.6 Å². The summed E-state index contributed by atoms with van der Waals surface area (Å²) in [6, 6.07) is 6.39. The van der Waals surface area contributed by atoms with Crippen molar-refractivity contribution in [3.05, 3.63) is 64.2 Å². The van der Waals surface area contributed by atoms with Crippen LogP contribution in [0.5, 0.6) is 11.8 Å². The van der Waals surface area contributed by atoms with Crippen LogP contribution in [0.4, 0.5) is 23.2 Å². The predicted octanol–water partition coefficient (Wildman–Crippen LogP) is 4.08. The molecule has 2 aromatic heterocycles. The first-order valence-electron chi connectivity index (χ1n) is 10.7. The van der Waals surface area contributed by atoms with Crippen LogP contribution in [0.2, 0.25) is 0 Å². The summed E-state index contributed by atoms with van der Waals surface area (Å²) < 4.78 is 84.2. The number of aliphatic hydroxyl groups is 1. The van der Waals surface area contributed by atoms with Crippen molar-refractivity contribution in [2.45, 2.75) is 43.4 Å². The fraction of sp³-hybridized carbons (Fsp3) is 0.304. The second-order valence-electron chi connectivity index (χ2n) is 8.69. The van der Waals surface area contributed by atoms with Gasteiger partial charge in [0.2, 0.25) is 11.8 Å². The van der Waals surface area contributed by atoms with E-state index in [0.717, 1.165) is 19.2 Å². The molecule has 0 unspecified atom stereocenters. The Morgan fingerprint density at radius 2 is 1.81 bits per heavy atom. The Bertz CT molecular complexity index is 1520. The number of aromatic nitrogens is 3. The number of hydrogen-bond donors (Lipinski definition) is 2. The van der Waals surface area contributed by atoms with Crippen molar-refractivity contribution in [3.63, 3.8) is 0 Å². The summed E-state index contributed by atoms with van der Waals surface area (Å²) in [5.41, 5.74) is -3.92. The normalized spacial score (nSPS) is 14.8. The lowest BCUT2D eigenvalue weighted by atomic mass is 10.1. The molecule has 2 N–H and O–H groups in total. The Morgan fingerprint density at radius 3 is 2.41 bits per heavy atom. The number of pyridine rings is 1. The highest BCUT2D eigenvalue weighted by Crippen LogP contribution is 2.47. The molecule has 14 heteroatoms. The molecule has 1 aliphatic carbocycles. The zero-order valence-corrected chi connectivity index (χ0v) is 20.5. The average molecular weight is 540 g/mol. The summed E-state index contributed by atoms with van der Waals surface area (Å²) in [4.78, 5) is 16.7. The SMILES string of the molecule is Cc1cc(C2(O)CC2)c(F)nc1Oc1nnc(C(F)(F)F)c(C)c1C(=O)Nc1cccc(S(C)(=O)=O)c1. The summed E-state index contributed by atoms with van der Waals surface area (Å²) in [7, 11) is -3.64. The van der Waals surface area contributed by atoms with Gasteiger partial charge in [-0.2, -0.15) is 22.5 Å². The number of hydrogen-bond acceptors (Lipinski definition) is 8. The zero-order chi connectivity index (χ0) is 27.3. The first kappa shape index (κ1) is 26.4. The van der Waals surface area contributed by atoms with Crippen molar-refractivity contribution < 1.29 is 40.6 Å². The van der Waals surface area contributed by atoms with Gasteiger partial charge in [0.15, 0.2) is 15.5 Å². The standard InChI is InChI=1S/C23H20F4N4O5S/c1-11-9-15(22(33)7-8-22)18(24)29-20(11)36-21-16(12(2)17(30-31-21)23(25,26)27)19(32)28-13-5-4-6-14(10-13)37(3,34)35/h4-6,9-10,33H,7-8H2,1-3H3,(H,28,32). The molecule has 0 saturated heterocycles. The number of halogens is 4. The van der Waals surface area contributed by atoms with E-state index in [1.54, 1.807) is 0 Å². The summed E-state index contributed by atoms with van der Waals surface area (Å²) in [5, 5.41) is 19.1. The number of sulfone groups is 1. The van der Waals surface area contributed by atoms with Gasteiger partial charge in [-0.15, -0.1) is 10.2 Å². The van der Waals surface area contributed by atoms with E-state index >= 15 is 0 Å². The van der Waals surface area contributed by atoms with Crippen molar-refractivity contribution in [1.29, 1.82) is 0 Å². The lowest BCUT2D eigenvalue weighted by Crippen LogP contribution is -2.21. The van der Waals surface area contributed by atoms with Crippen LogP contribution in [0.15, 0.2) is 35.2 Å². The molecule has 1 saturated carbocycles. The third kappa shape index (κ3) is 5.39. The number of aryl methyl sites for hydroxylation is 1. The fourth-order valence-electron chi connectivity index (χ4n) is 3.59. The summed E-state index contributed by atoms with van der Waals surface area (Å²) in [6.45, 7) is 2.45. The van der Waals surface area contributed by atoms with Gasteiger partial charge in [0, 0.05) is 23.1 Å². The van der Waals surface area contributed by atoms with Crippen LogP contribution in [0.3, 0.4) is 0 Å². The first-order chi connectivity index (χ1) is 17.1. The molecule has 0 atom stereocenters. The number of nitrogens with one attached hydrogen (secondary N) is 1. The Balaban J connectivity index is 1.76. The predicted molar refractivity (Wildman–Crippen MR) is 121 cm³/mol. The fourth-order valence-corrected chi connectivity index (χ4v) is 4.26. The zero-order valence-electron chi connectivity index (χ0n) is 19.6. The number of rotatable bonds is 6. The molecule has 0 bridgehead atoms. The molecule has 0 radical (unpaired) electrons. The van der Waals surface area contributed by atoms with Crippen LogP contribution in [-0.4, -0.2) is 40.9 Å². The third-order valence-corrected chi connectivity index (χ3v) is 6.85. The Morgan fingerprint density at radius 1 is 1.14 bits per heavy atom. The van der Waals surface area contributed by atoms with Crippen LogP contribution in [0, 0.1) is 19.8 Å². The van der Waals surface area contributed by atoms with Gasteiger partial charge in [-0.1, -0.05) is 6.07 Å². The maximum absolute atomic E-state index is 14.6. The van der Waals surface area contributed by atoms with E-state index in [4.69, 9.17) is 4.74 Å². The maximum atomic E-state index is 14.6. The van der Waals surface area contributed by atoms with Crippen molar-refractivity contribution >= 4 is 21.4 Å². The number of benzene rings is 1. The highest BCUT2D eigenvalue weighted by atomic mass is 32.2. The first-order valence-corrected chi connectivity index (χ1v) is 12.6. The molecule has 1 fully saturated rings. The molecule has 196 valence electrons. The van der Waals surface area contributed by atoms with Crippen LogP contribution < -0.4 is 10.1 Å². The van der Waals surface area contributed by atoms with Crippen LogP contribution in [-0.2, 0) is 21.6 Å². The Labute approximate surface area is 208 Å². The van der Waals surface area contributed by atoms with Gasteiger partial charge < -0.3 is 15.2 Å². The minimum Gasteiger partial charge on any atom is -0.418 e. The van der Waals surface area contributed by atoms with Crippen LogP contribution in [0.1, 0.15) is 45.6 Å². The minimum atomic E-state index is -4.96. The molecular weight excluding hydrogens is 520 g/mol. The smallest absolute Gasteiger partial charge is 0.418 e. The molecule has 0 aliphatic heterocycles. The lowest BCUT2D eigenvalue weighted by molar-refractivity contribution is -0.142. The van der Waals surface area contributed by atoms with Crippen molar-refractivity contribution in [1.82, 2.24) is 15.2 Å². The number of alkyl halides is 3. The number of ether oxygens (including phenoxy) is 1. The molecule has 1 aromatic carbocycles. The van der Waals surface area contributed by atoms with Gasteiger partial charge in [0.05, 0.1) is 10.5 Å². The second kappa shape index (κ2) is 9.03. The van der Waals surface area contributed by atoms with Gasteiger partial charge in [-0.3, -0.25) is 4.79 Å². The van der Waals surface area contributed by atoms with Gasteiger partial charge in [-0.05, 0) is 56.5 Å². The molecule has 0 spiro atoms. The quantitative estimate of drug-likeness (QED) is 0.353. The van der Waals surface area contributed by atoms with E-state index in [1.165, 1.54) is 31.2 Å². The van der Waals surface area contributed by atoms with Gasteiger partial charge in [-0.25, -0.2) is 8.42 Å². The van der Waals surface area contributed by atoms with Gasteiger partial charge in [0.1, 0.15) is 5.56 Å². The molecule has 4 rings (SSSR count). The molecule has 9 nitrogen and oxygen atoms in total. The van der Waals surface area contributed by atoms with Crippen LogP contribution in [0.25, 0.3) is 0 Å². The second-order valence-corrected chi connectivity index (χ2v) is 10.7. The monoisotopic (exact) mass is 540 g/mol. The van der Waals surface area contributed by atoms with E-state index in [-0.39, 0.29) is 21.7 Å². The number of carbonyl (C=O) groups excluding carboxylic acids is 1. The average Bonchev–Trinajstić information content (AvgIpc) is 3.53. The largest absolute Gasteiger partial charge is 0.435 e. The van der Waals surface area contributed by atoms with E-state index in [9.17, 15) is 35.9 Å². The van der Waals surface area contributed by atoms with E-state index < -0.39 is 62.1 Å². The number of amides is 1. The van der Waals surface area contributed by atoms with Crippen molar-refractivity contribution in [2.24, 2.45) is 0 Å². The topological polar surface area (TPSA) is 131 Å². The summed E-state index contributed by atoms with van der Waals surface area (Å²) in [6.07, 6.45) is -3.31. The van der Waals surface area contributed by atoms with Gasteiger partial charge >= 0.3 is 6.18 Å². The number of nitrogens with zero attached hydrogens (tertiary/aromatic N) is 3. The lowest BCUT2D eigenvalue weighted by Gasteiger charge is -2.17. The van der Waals surface area contributed by atoms with Crippen LogP contribution >= 0.6 is 0 Å². The molecule has 37 heavy (non-hydrogen) atoms. The number of carbonyl (C=O) groups is 1. The van der Waals surface area contributed by atoms with Crippen molar-refractivity contribution in [3.8, 4) is 11.8 Å². The summed E-state index contributed by atoms with van der Waals surface area (Å²) in [5.74, 6) is -3.23. The van der Waals surface area contributed by atoms with E-state index in [0.29, 0.717) is 12.8 Å².